The van der Waals surface area contributed by atoms with Gasteiger partial charge in [0, 0.05) is 12.0 Å². The molecule has 2 aromatic carbocycles. The van der Waals surface area contributed by atoms with Crippen molar-refractivity contribution in [1.82, 2.24) is 0 Å². The molecule has 2 heterocycles. The van der Waals surface area contributed by atoms with E-state index < -0.39 is 37.1 Å². The smallest absolute Gasteiger partial charge is 0.142 e. The van der Waals surface area contributed by atoms with Crippen LogP contribution in [-0.4, -0.2) is 64.2 Å². The molecule has 4 N–H and O–H groups in total. The molecule has 174 valence electrons. The van der Waals surface area contributed by atoms with E-state index in [2.05, 4.69) is 0 Å². The molecule has 1 fully saturated rings. The molecule has 32 heavy (non-hydrogen) atoms. The second kappa shape index (κ2) is 9.55. The van der Waals surface area contributed by atoms with Crippen LogP contribution in [0, 0.1) is 0 Å². The minimum absolute atomic E-state index is 0.105. The maximum Gasteiger partial charge on any atom is 0.142 e. The summed E-state index contributed by atoms with van der Waals surface area (Å²) in [6.07, 6.45) is -5.18. The molecular formula is C24H29ClO7. The van der Waals surface area contributed by atoms with Crippen molar-refractivity contribution in [3.63, 3.8) is 0 Å². The van der Waals surface area contributed by atoms with Crippen LogP contribution in [0.15, 0.2) is 30.3 Å². The van der Waals surface area contributed by atoms with Crippen LogP contribution in [0.4, 0.5) is 0 Å². The number of aliphatic hydroxyl groups is 4. The van der Waals surface area contributed by atoms with Gasteiger partial charge in [-0.1, -0.05) is 29.8 Å². The summed E-state index contributed by atoms with van der Waals surface area (Å²) in [5, 5.41) is 41.3. The van der Waals surface area contributed by atoms with Gasteiger partial charge in [-0.2, -0.15) is 0 Å². The van der Waals surface area contributed by atoms with Crippen molar-refractivity contribution < 1.29 is 34.6 Å². The SMILES string of the molecule is CCOc1ccc(Cc2cc([C@@H]3O[C@H](CO)[C@@H](O)[C@H](O)[C@H]3O)c3c(c2Cl)OC(C)C3)cc1. The van der Waals surface area contributed by atoms with Crippen molar-refractivity contribution in [3.05, 3.63) is 57.6 Å². The van der Waals surface area contributed by atoms with Gasteiger partial charge in [0.05, 0.1) is 18.2 Å². The van der Waals surface area contributed by atoms with Gasteiger partial charge in [0.1, 0.15) is 48.1 Å². The van der Waals surface area contributed by atoms with Crippen LogP contribution < -0.4 is 9.47 Å². The molecule has 0 bridgehead atoms. The fourth-order valence-corrected chi connectivity index (χ4v) is 4.72. The van der Waals surface area contributed by atoms with Crippen LogP contribution in [0.1, 0.15) is 42.2 Å². The number of hydrogen-bond acceptors (Lipinski definition) is 7. The highest BCUT2D eigenvalue weighted by Crippen LogP contribution is 2.46. The summed E-state index contributed by atoms with van der Waals surface area (Å²) < 4.78 is 17.3. The molecule has 2 aliphatic heterocycles. The minimum Gasteiger partial charge on any atom is -0.494 e. The zero-order valence-corrected chi connectivity index (χ0v) is 18.8. The third-order valence-corrected chi connectivity index (χ3v) is 6.49. The Balaban J connectivity index is 1.72. The molecule has 2 aliphatic rings. The van der Waals surface area contributed by atoms with Crippen molar-refractivity contribution in [2.24, 2.45) is 0 Å². The summed E-state index contributed by atoms with van der Waals surface area (Å²) in [5.41, 5.74) is 3.26. The first-order valence-corrected chi connectivity index (χ1v) is 11.2. The number of halogens is 1. The molecule has 1 unspecified atom stereocenters. The third kappa shape index (κ3) is 4.33. The second-order valence-corrected chi connectivity index (χ2v) is 8.76. The predicted molar refractivity (Wildman–Crippen MR) is 118 cm³/mol. The molecule has 0 aliphatic carbocycles. The summed E-state index contributed by atoms with van der Waals surface area (Å²) in [4.78, 5) is 0. The summed E-state index contributed by atoms with van der Waals surface area (Å²) in [5.74, 6) is 1.34. The van der Waals surface area contributed by atoms with E-state index in [1.54, 1.807) is 0 Å². The normalized spacial score (nSPS) is 29.5. The Morgan fingerprint density at radius 2 is 1.81 bits per heavy atom. The molecule has 0 amide bonds. The van der Waals surface area contributed by atoms with Gasteiger partial charge < -0.3 is 34.6 Å². The van der Waals surface area contributed by atoms with Gasteiger partial charge in [0.2, 0.25) is 0 Å². The Bertz CT molecular complexity index is 946. The lowest BCUT2D eigenvalue weighted by Crippen LogP contribution is -2.55. The number of benzene rings is 2. The van der Waals surface area contributed by atoms with Gasteiger partial charge in [0.25, 0.3) is 0 Å². The highest BCUT2D eigenvalue weighted by Gasteiger charge is 2.45. The van der Waals surface area contributed by atoms with Crippen molar-refractivity contribution >= 4 is 11.6 Å². The van der Waals surface area contributed by atoms with Crippen LogP contribution in [-0.2, 0) is 17.6 Å². The van der Waals surface area contributed by atoms with Crippen molar-refractivity contribution in [3.8, 4) is 11.5 Å². The standard InChI is InChI=1S/C24H29ClO7/c1-3-30-15-6-4-13(5-7-15)9-14-10-17(16-8-12(2)31-23(16)19(14)25)24-22(29)21(28)20(27)18(11-26)32-24/h4-7,10,12,18,20-22,24,26-29H,3,8-9,11H2,1-2H3/t12?,18-,20-,21+,22-,24+/m1/s1. The quantitative estimate of drug-likeness (QED) is 0.518. The maximum absolute atomic E-state index is 10.7. The average molecular weight is 465 g/mol. The van der Waals surface area contributed by atoms with E-state index in [1.165, 1.54) is 0 Å². The van der Waals surface area contributed by atoms with E-state index >= 15 is 0 Å². The number of hydrogen-bond donors (Lipinski definition) is 4. The van der Waals surface area contributed by atoms with Gasteiger partial charge in [-0.15, -0.1) is 0 Å². The van der Waals surface area contributed by atoms with E-state index in [0.717, 1.165) is 22.4 Å². The van der Waals surface area contributed by atoms with Crippen molar-refractivity contribution in [2.75, 3.05) is 13.2 Å². The first kappa shape index (κ1) is 23.3. The minimum atomic E-state index is -1.45. The van der Waals surface area contributed by atoms with Gasteiger partial charge in [-0.25, -0.2) is 0 Å². The van der Waals surface area contributed by atoms with Gasteiger partial charge in [-0.05, 0) is 49.1 Å². The lowest BCUT2D eigenvalue weighted by molar-refractivity contribution is -0.231. The largest absolute Gasteiger partial charge is 0.494 e. The lowest BCUT2D eigenvalue weighted by atomic mass is 9.86. The predicted octanol–water partition coefficient (Wildman–Crippen LogP) is 2.17. The highest BCUT2D eigenvalue weighted by atomic mass is 35.5. The van der Waals surface area contributed by atoms with Crippen LogP contribution in [0.5, 0.6) is 11.5 Å². The monoisotopic (exact) mass is 464 g/mol. The van der Waals surface area contributed by atoms with Gasteiger partial charge in [-0.3, -0.25) is 0 Å². The molecule has 4 rings (SSSR count). The van der Waals surface area contributed by atoms with E-state index in [1.807, 2.05) is 44.2 Å². The summed E-state index contributed by atoms with van der Waals surface area (Å²) in [6.45, 7) is 3.97. The number of fused-ring (bicyclic) bond motifs is 1. The molecule has 8 heteroatoms. The Hall–Kier alpha value is -1.87. The van der Waals surface area contributed by atoms with Gasteiger partial charge in [0.15, 0.2) is 0 Å². The fourth-order valence-electron chi connectivity index (χ4n) is 4.44. The summed E-state index contributed by atoms with van der Waals surface area (Å²) >= 11 is 6.72. The van der Waals surface area contributed by atoms with Crippen LogP contribution in [0.25, 0.3) is 0 Å². The average Bonchev–Trinajstić information content (AvgIpc) is 3.18. The highest BCUT2D eigenvalue weighted by molar-refractivity contribution is 6.33. The first-order chi connectivity index (χ1) is 15.3. The zero-order chi connectivity index (χ0) is 23.0. The van der Waals surface area contributed by atoms with Crippen molar-refractivity contribution in [1.29, 1.82) is 0 Å². The Labute approximate surface area is 192 Å². The molecule has 6 atom stereocenters. The van der Waals surface area contributed by atoms with Crippen LogP contribution in [0.3, 0.4) is 0 Å². The molecule has 2 aromatic rings. The molecule has 0 spiro atoms. The maximum atomic E-state index is 10.7. The molecule has 0 aromatic heterocycles. The summed E-state index contributed by atoms with van der Waals surface area (Å²) in [7, 11) is 0. The molecular weight excluding hydrogens is 436 g/mol. The third-order valence-electron chi connectivity index (χ3n) is 6.07. The van der Waals surface area contributed by atoms with E-state index in [-0.39, 0.29) is 6.10 Å². The molecule has 0 saturated carbocycles. The van der Waals surface area contributed by atoms with Crippen LogP contribution in [0.2, 0.25) is 5.02 Å². The first-order valence-electron chi connectivity index (χ1n) is 10.9. The lowest BCUT2D eigenvalue weighted by Gasteiger charge is -2.40. The van der Waals surface area contributed by atoms with E-state index in [4.69, 9.17) is 25.8 Å². The topological polar surface area (TPSA) is 109 Å². The molecule has 1 saturated heterocycles. The zero-order valence-electron chi connectivity index (χ0n) is 18.1. The Kier molecular flexibility index (Phi) is 6.95. The second-order valence-electron chi connectivity index (χ2n) is 8.38. The number of ether oxygens (including phenoxy) is 3. The molecule has 0 radical (unpaired) electrons. The molecule has 7 nitrogen and oxygen atoms in total. The number of rotatable bonds is 6. The van der Waals surface area contributed by atoms with Crippen LogP contribution >= 0.6 is 11.6 Å². The Morgan fingerprint density at radius 3 is 2.47 bits per heavy atom. The number of aliphatic hydroxyl groups excluding tert-OH is 4. The van der Waals surface area contributed by atoms with E-state index in [9.17, 15) is 20.4 Å². The Morgan fingerprint density at radius 1 is 1.09 bits per heavy atom. The van der Waals surface area contributed by atoms with Crippen molar-refractivity contribution in [2.45, 2.75) is 63.3 Å². The fraction of sp³-hybridized carbons (Fsp3) is 0.500. The summed E-state index contributed by atoms with van der Waals surface area (Å²) in [6, 6.07) is 9.59. The van der Waals surface area contributed by atoms with E-state index in [0.29, 0.717) is 35.8 Å². The van der Waals surface area contributed by atoms with Gasteiger partial charge >= 0.3 is 0 Å².